The Morgan fingerprint density at radius 3 is 2.85 bits per heavy atom. The van der Waals surface area contributed by atoms with E-state index in [2.05, 4.69) is 27.1 Å². The molecule has 0 saturated heterocycles. The fourth-order valence-electron chi connectivity index (χ4n) is 2.71. The zero-order valence-electron chi connectivity index (χ0n) is 14.0. The molecule has 0 amide bonds. The number of benzene rings is 2. The number of nitrogens with zero attached hydrogens (tertiary/aromatic N) is 3. The standard InChI is InChI=1S/C19H14Cl2N4OS/c1-2-10-27-19-23-18-16(24-25-19)11-6-3-4-9-14(11)22-17(26-18)12-7-5-8-13(20)15(12)21/h2-9,17,22H,1,10H2. The van der Waals surface area contributed by atoms with Gasteiger partial charge in [0, 0.05) is 22.6 Å². The van der Waals surface area contributed by atoms with Gasteiger partial charge in [-0.15, -0.1) is 16.8 Å². The van der Waals surface area contributed by atoms with Crippen molar-refractivity contribution in [2.45, 2.75) is 11.4 Å². The Balaban J connectivity index is 1.83. The highest BCUT2D eigenvalue weighted by molar-refractivity contribution is 7.99. The first kappa shape index (κ1) is 18.1. The molecule has 1 aliphatic rings. The van der Waals surface area contributed by atoms with Crippen molar-refractivity contribution in [2.24, 2.45) is 0 Å². The van der Waals surface area contributed by atoms with Crippen LogP contribution >= 0.6 is 35.0 Å². The summed E-state index contributed by atoms with van der Waals surface area (Å²) in [5.41, 5.74) is 2.99. The number of halogens is 2. The van der Waals surface area contributed by atoms with Crippen molar-refractivity contribution in [3.63, 3.8) is 0 Å². The second-order valence-corrected chi connectivity index (χ2v) is 7.45. The largest absolute Gasteiger partial charge is 0.448 e. The van der Waals surface area contributed by atoms with Crippen LogP contribution in [0.4, 0.5) is 5.69 Å². The van der Waals surface area contributed by atoms with Crippen LogP contribution in [0, 0.1) is 0 Å². The lowest BCUT2D eigenvalue weighted by atomic mass is 10.1. The molecule has 2 aromatic carbocycles. The van der Waals surface area contributed by atoms with E-state index in [-0.39, 0.29) is 0 Å². The van der Waals surface area contributed by atoms with E-state index < -0.39 is 6.23 Å². The maximum Gasteiger partial charge on any atom is 0.247 e. The predicted octanol–water partition coefficient (Wildman–Crippen LogP) is 5.63. The normalized spacial score (nSPS) is 15.0. The maximum atomic E-state index is 6.42. The molecule has 0 fully saturated rings. The summed E-state index contributed by atoms with van der Waals surface area (Å²) >= 11 is 14.0. The number of rotatable bonds is 4. The van der Waals surface area contributed by atoms with Crippen LogP contribution in [0.2, 0.25) is 10.0 Å². The van der Waals surface area contributed by atoms with Crippen molar-refractivity contribution in [2.75, 3.05) is 11.1 Å². The zero-order valence-corrected chi connectivity index (χ0v) is 16.4. The summed E-state index contributed by atoms with van der Waals surface area (Å²) in [7, 11) is 0. The summed E-state index contributed by atoms with van der Waals surface area (Å²) in [6.07, 6.45) is 1.21. The smallest absolute Gasteiger partial charge is 0.247 e. The molecule has 1 unspecified atom stereocenters. The molecule has 5 nitrogen and oxygen atoms in total. The summed E-state index contributed by atoms with van der Waals surface area (Å²) in [6, 6.07) is 13.2. The molecule has 0 bridgehead atoms. The Kier molecular flexibility index (Phi) is 5.20. The number of aromatic nitrogens is 3. The van der Waals surface area contributed by atoms with Gasteiger partial charge in [-0.25, -0.2) is 0 Å². The van der Waals surface area contributed by atoms with E-state index in [1.807, 2.05) is 36.4 Å². The highest BCUT2D eigenvalue weighted by Crippen LogP contribution is 2.41. The lowest BCUT2D eigenvalue weighted by molar-refractivity contribution is 0.225. The van der Waals surface area contributed by atoms with Crippen LogP contribution < -0.4 is 10.1 Å². The first-order chi connectivity index (χ1) is 13.2. The van der Waals surface area contributed by atoms with Crippen LogP contribution in [0.3, 0.4) is 0 Å². The molecular formula is C19H14Cl2N4OS. The molecule has 136 valence electrons. The third-order valence-electron chi connectivity index (χ3n) is 3.93. The van der Waals surface area contributed by atoms with Gasteiger partial charge in [0.05, 0.1) is 10.0 Å². The molecule has 27 heavy (non-hydrogen) atoms. The van der Waals surface area contributed by atoms with E-state index in [0.717, 1.165) is 11.3 Å². The van der Waals surface area contributed by atoms with Crippen molar-refractivity contribution < 1.29 is 4.74 Å². The topological polar surface area (TPSA) is 59.9 Å². The Hall–Kier alpha value is -2.28. The molecule has 0 aliphatic carbocycles. The Morgan fingerprint density at radius 2 is 2.00 bits per heavy atom. The number of thioether (sulfide) groups is 1. The summed E-state index contributed by atoms with van der Waals surface area (Å²) in [5.74, 6) is 1.06. The van der Waals surface area contributed by atoms with E-state index in [9.17, 15) is 0 Å². The Bertz CT molecular complexity index is 1010. The first-order valence-electron chi connectivity index (χ1n) is 8.12. The van der Waals surface area contributed by atoms with Crippen LogP contribution in [0.15, 0.2) is 60.3 Å². The Morgan fingerprint density at radius 1 is 1.15 bits per heavy atom. The van der Waals surface area contributed by atoms with Crippen LogP contribution in [0.5, 0.6) is 5.88 Å². The molecule has 4 rings (SSSR count). The van der Waals surface area contributed by atoms with Gasteiger partial charge in [0.2, 0.25) is 11.0 Å². The third kappa shape index (κ3) is 3.60. The summed E-state index contributed by atoms with van der Waals surface area (Å²) in [5, 5.41) is 13.3. The molecule has 2 heterocycles. The van der Waals surface area contributed by atoms with Gasteiger partial charge in [0.25, 0.3) is 0 Å². The molecule has 8 heteroatoms. The number of nitrogens with one attached hydrogen (secondary N) is 1. The van der Waals surface area contributed by atoms with Crippen LogP contribution in [-0.4, -0.2) is 20.9 Å². The minimum absolute atomic E-state index is 0.384. The molecule has 1 aliphatic heterocycles. The second kappa shape index (κ2) is 7.76. The maximum absolute atomic E-state index is 6.42. The molecule has 0 radical (unpaired) electrons. The number of anilines is 1. The number of hydrogen-bond donors (Lipinski definition) is 1. The minimum Gasteiger partial charge on any atom is -0.448 e. The van der Waals surface area contributed by atoms with Crippen molar-refractivity contribution in [1.29, 1.82) is 0 Å². The van der Waals surface area contributed by atoms with Gasteiger partial charge in [0.15, 0.2) is 11.9 Å². The lowest BCUT2D eigenvalue weighted by Crippen LogP contribution is -2.17. The van der Waals surface area contributed by atoms with E-state index in [1.54, 1.807) is 12.1 Å². The number of fused-ring (bicyclic) bond motifs is 3. The lowest BCUT2D eigenvalue weighted by Gasteiger charge is -2.20. The van der Waals surface area contributed by atoms with Gasteiger partial charge < -0.3 is 10.1 Å². The van der Waals surface area contributed by atoms with Gasteiger partial charge in [-0.3, -0.25) is 0 Å². The molecule has 3 aromatic rings. The van der Waals surface area contributed by atoms with E-state index in [4.69, 9.17) is 27.9 Å². The summed E-state index contributed by atoms with van der Waals surface area (Å²) < 4.78 is 6.17. The van der Waals surface area contributed by atoms with Crippen molar-refractivity contribution in [3.8, 4) is 17.1 Å². The van der Waals surface area contributed by atoms with Gasteiger partial charge >= 0.3 is 0 Å². The highest BCUT2D eigenvalue weighted by Gasteiger charge is 2.27. The molecule has 0 saturated carbocycles. The predicted molar refractivity (Wildman–Crippen MR) is 110 cm³/mol. The quantitative estimate of drug-likeness (QED) is 0.439. The van der Waals surface area contributed by atoms with E-state index >= 15 is 0 Å². The monoisotopic (exact) mass is 416 g/mol. The van der Waals surface area contributed by atoms with E-state index in [0.29, 0.717) is 38.1 Å². The highest BCUT2D eigenvalue weighted by atomic mass is 35.5. The number of para-hydroxylation sites is 1. The summed E-state index contributed by atoms with van der Waals surface area (Å²) in [6.45, 7) is 3.71. The average molecular weight is 417 g/mol. The second-order valence-electron chi connectivity index (χ2n) is 5.68. The van der Waals surface area contributed by atoms with Gasteiger partial charge in [-0.1, -0.05) is 71.4 Å². The molecule has 1 aromatic heterocycles. The minimum atomic E-state index is -0.576. The van der Waals surface area contributed by atoms with Gasteiger partial charge in [0.1, 0.15) is 0 Å². The van der Waals surface area contributed by atoms with Gasteiger partial charge in [-0.2, -0.15) is 4.98 Å². The zero-order chi connectivity index (χ0) is 18.8. The first-order valence-corrected chi connectivity index (χ1v) is 9.86. The SMILES string of the molecule is C=CCSc1nnc2c(n1)OC(c1cccc(Cl)c1Cl)Nc1ccccc1-2. The van der Waals surface area contributed by atoms with Crippen LogP contribution in [0.25, 0.3) is 11.3 Å². The van der Waals surface area contributed by atoms with Crippen molar-refractivity contribution >= 4 is 40.7 Å². The molecule has 0 spiro atoms. The van der Waals surface area contributed by atoms with Crippen LogP contribution in [-0.2, 0) is 0 Å². The Labute approximate surface area is 170 Å². The van der Waals surface area contributed by atoms with Crippen molar-refractivity contribution in [3.05, 3.63) is 70.7 Å². The van der Waals surface area contributed by atoms with Crippen molar-refractivity contribution in [1.82, 2.24) is 15.2 Å². The number of hydrogen-bond acceptors (Lipinski definition) is 6. The summed E-state index contributed by atoms with van der Waals surface area (Å²) in [4.78, 5) is 4.54. The fraction of sp³-hybridized carbons (Fsp3) is 0.105. The molecule has 1 atom stereocenters. The third-order valence-corrected chi connectivity index (χ3v) is 5.59. The fourth-order valence-corrected chi connectivity index (χ4v) is 3.63. The molecule has 1 N–H and O–H groups in total. The van der Waals surface area contributed by atoms with E-state index in [1.165, 1.54) is 11.8 Å². The van der Waals surface area contributed by atoms with Crippen LogP contribution in [0.1, 0.15) is 11.8 Å². The van der Waals surface area contributed by atoms with Gasteiger partial charge in [-0.05, 0) is 12.1 Å². The average Bonchev–Trinajstić information content (AvgIpc) is 2.84. The number of ether oxygens (including phenoxy) is 1. The molecular weight excluding hydrogens is 403 g/mol.